The fourth-order valence-corrected chi connectivity index (χ4v) is 2.54. The van der Waals surface area contributed by atoms with Crippen LogP contribution in [0, 0.1) is 11.7 Å². The van der Waals surface area contributed by atoms with Crippen LogP contribution in [-0.4, -0.2) is 44.2 Å². The molecule has 0 aliphatic carbocycles. The number of para-hydroxylation sites is 1. The molecule has 0 saturated carbocycles. The molecule has 1 aliphatic rings. The summed E-state index contributed by atoms with van der Waals surface area (Å²) in [6.45, 7) is 2.51. The van der Waals surface area contributed by atoms with Crippen molar-refractivity contribution in [2.45, 2.75) is 25.7 Å². The minimum atomic E-state index is -0.357. The second-order valence-corrected chi connectivity index (χ2v) is 5.74. The van der Waals surface area contributed by atoms with Crippen molar-refractivity contribution in [3.05, 3.63) is 30.1 Å². The van der Waals surface area contributed by atoms with E-state index < -0.39 is 0 Å². The van der Waals surface area contributed by atoms with Gasteiger partial charge in [-0.05, 0) is 37.3 Å². The van der Waals surface area contributed by atoms with Crippen molar-refractivity contribution in [1.29, 1.82) is 0 Å². The van der Waals surface area contributed by atoms with Gasteiger partial charge >= 0.3 is 0 Å². The summed E-state index contributed by atoms with van der Waals surface area (Å²) in [5, 5.41) is 0. The third-order valence-corrected chi connectivity index (χ3v) is 3.88. The van der Waals surface area contributed by atoms with Gasteiger partial charge in [-0.25, -0.2) is 4.39 Å². The Bertz CT molecular complexity index is 475. The zero-order valence-electron chi connectivity index (χ0n) is 13.1. The van der Waals surface area contributed by atoms with E-state index in [2.05, 4.69) is 0 Å². The van der Waals surface area contributed by atoms with Gasteiger partial charge in [0.2, 0.25) is 5.91 Å². The second kappa shape index (κ2) is 8.73. The molecule has 122 valence electrons. The highest BCUT2D eigenvalue weighted by Crippen LogP contribution is 2.18. The molecule has 1 amide bonds. The number of nitrogens with zero attached hydrogens (tertiary/aromatic N) is 1. The summed E-state index contributed by atoms with van der Waals surface area (Å²) in [6, 6.07) is 6.34. The highest BCUT2D eigenvalue weighted by atomic mass is 19.1. The summed E-state index contributed by atoms with van der Waals surface area (Å²) in [5.74, 6) is 0.389. The molecular weight excluding hydrogens is 285 g/mol. The van der Waals surface area contributed by atoms with Crippen LogP contribution in [0.25, 0.3) is 0 Å². The number of carbonyl (C=O) groups excluding carboxylic acids is 1. The number of amides is 1. The molecule has 1 atom stereocenters. The average Bonchev–Trinajstić information content (AvgIpc) is 2.53. The minimum absolute atomic E-state index is 0.140. The van der Waals surface area contributed by atoms with Crippen molar-refractivity contribution < 1.29 is 18.7 Å². The molecule has 0 aromatic heterocycles. The molecule has 2 rings (SSSR count). The lowest BCUT2D eigenvalue weighted by Crippen LogP contribution is -2.32. The smallest absolute Gasteiger partial charge is 0.222 e. The Morgan fingerprint density at radius 1 is 1.45 bits per heavy atom. The van der Waals surface area contributed by atoms with Crippen LogP contribution in [0.1, 0.15) is 25.7 Å². The first-order valence-electron chi connectivity index (χ1n) is 7.86. The van der Waals surface area contributed by atoms with Crippen LogP contribution in [0.15, 0.2) is 24.3 Å². The molecule has 1 saturated heterocycles. The Morgan fingerprint density at radius 2 is 2.27 bits per heavy atom. The van der Waals surface area contributed by atoms with Crippen molar-refractivity contribution in [2.24, 2.45) is 5.92 Å². The van der Waals surface area contributed by atoms with Gasteiger partial charge < -0.3 is 14.4 Å². The standard InChI is InChI=1S/C17H24FNO3/c1-19(17(20)12-14-6-4-10-21-13-14)9-5-11-22-16-8-3-2-7-15(16)18/h2-3,7-8,14H,4-6,9-13H2,1H3. The Labute approximate surface area is 131 Å². The Hall–Kier alpha value is -1.62. The van der Waals surface area contributed by atoms with Gasteiger partial charge in [0.15, 0.2) is 11.6 Å². The normalized spacial score (nSPS) is 18.0. The molecule has 4 nitrogen and oxygen atoms in total. The first kappa shape index (κ1) is 16.7. The summed E-state index contributed by atoms with van der Waals surface area (Å²) in [7, 11) is 1.80. The molecule has 1 aromatic carbocycles. The van der Waals surface area contributed by atoms with Crippen LogP contribution in [0.2, 0.25) is 0 Å². The molecule has 1 aliphatic heterocycles. The SMILES string of the molecule is CN(CCCOc1ccccc1F)C(=O)CC1CCCOC1. The molecular formula is C17H24FNO3. The van der Waals surface area contributed by atoms with Crippen molar-refractivity contribution >= 4 is 5.91 Å². The third-order valence-electron chi connectivity index (χ3n) is 3.88. The van der Waals surface area contributed by atoms with E-state index in [0.29, 0.717) is 38.5 Å². The monoisotopic (exact) mass is 309 g/mol. The molecule has 0 radical (unpaired) electrons. The van der Waals surface area contributed by atoms with Gasteiger partial charge in [-0.15, -0.1) is 0 Å². The number of rotatable bonds is 7. The van der Waals surface area contributed by atoms with Crippen LogP contribution < -0.4 is 4.74 Å². The van der Waals surface area contributed by atoms with Gasteiger partial charge in [0, 0.05) is 33.2 Å². The number of hydrogen-bond acceptors (Lipinski definition) is 3. The van der Waals surface area contributed by atoms with Crippen molar-refractivity contribution in [1.82, 2.24) is 4.90 Å². The largest absolute Gasteiger partial charge is 0.490 e. The summed E-state index contributed by atoms with van der Waals surface area (Å²) in [5.41, 5.74) is 0. The lowest BCUT2D eigenvalue weighted by Gasteiger charge is -2.24. The quantitative estimate of drug-likeness (QED) is 0.727. The maximum Gasteiger partial charge on any atom is 0.222 e. The van der Waals surface area contributed by atoms with Crippen LogP contribution in [0.3, 0.4) is 0 Å². The molecule has 1 aromatic rings. The maximum atomic E-state index is 13.4. The van der Waals surface area contributed by atoms with E-state index in [9.17, 15) is 9.18 Å². The van der Waals surface area contributed by atoms with Gasteiger partial charge in [-0.3, -0.25) is 4.79 Å². The number of carbonyl (C=O) groups is 1. The second-order valence-electron chi connectivity index (χ2n) is 5.74. The molecule has 0 spiro atoms. The van der Waals surface area contributed by atoms with E-state index in [1.54, 1.807) is 30.1 Å². The fourth-order valence-electron chi connectivity index (χ4n) is 2.54. The van der Waals surface area contributed by atoms with Gasteiger partial charge in [0.1, 0.15) is 0 Å². The Kier molecular flexibility index (Phi) is 6.65. The molecule has 5 heteroatoms. The van der Waals surface area contributed by atoms with Crippen molar-refractivity contribution in [3.63, 3.8) is 0 Å². The number of ether oxygens (including phenoxy) is 2. The average molecular weight is 309 g/mol. The number of hydrogen-bond donors (Lipinski definition) is 0. The molecule has 22 heavy (non-hydrogen) atoms. The highest BCUT2D eigenvalue weighted by Gasteiger charge is 2.19. The van der Waals surface area contributed by atoms with Crippen LogP contribution in [-0.2, 0) is 9.53 Å². The van der Waals surface area contributed by atoms with E-state index in [1.807, 2.05) is 0 Å². The summed E-state index contributed by atoms with van der Waals surface area (Å²) < 4.78 is 24.1. The lowest BCUT2D eigenvalue weighted by molar-refractivity contribution is -0.132. The van der Waals surface area contributed by atoms with E-state index >= 15 is 0 Å². The van der Waals surface area contributed by atoms with E-state index in [1.165, 1.54) is 6.07 Å². The molecule has 0 bridgehead atoms. The molecule has 1 fully saturated rings. The number of halogens is 1. The highest BCUT2D eigenvalue weighted by molar-refractivity contribution is 5.76. The van der Waals surface area contributed by atoms with E-state index in [-0.39, 0.29) is 17.5 Å². The van der Waals surface area contributed by atoms with Crippen LogP contribution in [0.5, 0.6) is 5.75 Å². The summed E-state index contributed by atoms with van der Waals surface area (Å²) in [6.07, 6.45) is 3.33. The predicted molar refractivity (Wildman–Crippen MR) is 82.3 cm³/mol. The fraction of sp³-hybridized carbons (Fsp3) is 0.588. The molecule has 1 unspecified atom stereocenters. The predicted octanol–water partition coefficient (Wildman–Crippen LogP) is 2.87. The Balaban J connectivity index is 1.63. The Morgan fingerprint density at radius 3 is 3.00 bits per heavy atom. The first-order chi connectivity index (χ1) is 10.7. The van der Waals surface area contributed by atoms with Crippen LogP contribution >= 0.6 is 0 Å². The van der Waals surface area contributed by atoms with Gasteiger partial charge in [0.05, 0.1) is 6.61 Å². The van der Waals surface area contributed by atoms with Crippen molar-refractivity contribution in [2.75, 3.05) is 33.4 Å². The van der Waals surface area contributed by atoms with Gasteiger partial charge in [-0.1, -0.05) is 12.1 Å². The zero-order chi connectivity index (χ0) is 15.8. The summed E-state index contributed by atoms with van der Waals surface area (Å²) >= 11 is 0. The van der Waals surface area contributed by atoms with Crippen molar-refractivity contribution in [3.8, 4) is 5.75 Å². The van der Waals surface area contributed by atoms with E-state index in [0.717, 1.165) is 19.4 Å². The lowest BCUT2D eigenvalue weighted by atomic mass is 9.98. The topological polar surface area (TPSA) is 38.8 Å². The molecule has 1 heterocycles. The first-order valence-corrected chi connectivity index (χ1v) is 7.86. The third kappa shape index (κ3) is 5.30. The minimum Gasteiger partial charge on any atom is -0.490 e. The van der Waals surface area contributed by atoms with Gasteiger partial charge in [0.25, 0.3) is 0 Å². The van der Waals surface area contributed by atoms with Crippen LogP contribution in [0.4, 0.5) is 4.39 Å². The van der Waals surface area contributed by atoms with E-state index in [4.69, 9.17) is 9.47 Å². The number of benzene rings is 1. The van der Waals surface area contributed by atoms with Gasteiger partial charge in [-0.2, -0.15) is 0 Å². The zero-order valence-corrected chi connectivity index (χ0v) is 13.1. The maximum absolute atomic E-state index is 13.4. The summed E-state index contributed by atoms with van der Waals surface area (Å²) in [4.78, 5) is 13.8. The molecule has 0 N–H and O–H groups in total.